The third-order valence-corrected chi connectivity index (χ3v) is 4.31. The van der Waals surface area contributed by atoms with Crippen molar-refractivity contribution in [3.05, 3.63) is 29.3 Å². The van der Waals surface area contributed by atoms with E-state index in [0.717, 1.165) is 0 Å². The Bertz CT molecular complexity index is 540. The van der Waals surface area contributed by atoms with Crippen molar-refractivity contribution in [2.45, 2.75) is 24.0 Å². The van der Waals surface area contributed by atoms with E-state index < -0.39 is 23.5 Å². The Morgan fingerprint density at radius 3 is 1.95 bits per heavy atom. The Labute approximate surface area is 116 Å². The molecule has 0 aromatic heterocycles. The van der Waals surface area contributed by atoms with Crippen LogP contribution in [-0.2, 0) is 14.7 Å². The highest BCUT2D eigenvalue weighted by molar-refractivity contribution is 7.85. The summed E-state index contributed by atoms with van der Waals surface area (Å²) in [7, 11) is -8.06. The Morgan fingerprint density at radius 2 is 1.74 bits per heavy atom. The van der Waals surface area contributed by atoms with E-state index >= 15 is 0 Å². The zero-order valence-corrected chi connectivity index (χ0v) is 12.4. The van der Waals surface area contributed by atoms with E-state index in [9.17, 15) is 13.0 Å². The molecule has 19 heavy (non-hydrogen) atoms. The fraction of sp³-hybridized carbons (Fsp3) is 0.333. The highest BCUT2D eigenvalue weighted by atomic mass is 35.5. The van der Waals surface area contributed by atoms with Crippen LogP contribution in [0.5, 0.6) is 0 Å². The molecule has 0 amide bonds. The van der Waals surface area contributed by atoms with Gasteiger partial charge in [-0.3, -0.25) is 9.12 Å². The minimum atomic E-state index is -4.08. The van der Waals surface area contributed by atoms with Crippen molar-refractivity contribution in [3.8, 4) is 0 Å². The van der Waals surface area contributed by atoms with Gasteiger partial charge in [0.15, 0.2) is 0 Å². The standard InChI is InChI=1S/C6H5ClO3S.C3H10NO3P/c7-5-1-3-6(4-2-5)11(8,9)10;1-2-3(4)8(5,6)7/h1-4H,(H,8,9,10);3H,2,4H2,1H3,(H2,5,6,7). The highest BCUT2D eigenvalue weighted by Crippen LogP contribution is 2.39. The maximum absolute atomic E-state index is 10.5. The molecule has 0 radical (unpaired) electrons. The van der Waals surface area contributed by atoms with Gasteiger partial charge in [0, 0.05) is 5.02 Å². The molecule has 0 saturated heterocycles. The van der Waals surface area contributed by atoms with Gasteiger partial charge in [-0.25, -0.2) is 0 Å². The number of hydrogen-bond donors (Lipinski definition) is 4. The first-order chi connectivity index (χ1) is 8.48. The molecular formula is C9H15ClNO6PS. The smallest absolute Gasteiger partial charge is 0.323 e. The average molecular weight is 332 g/mol. The normalized spacial score (nSPS) is 13.4. The van der Waals surface area contributed by atoms with Gasteiger partial charge >= 0.3 is 7.60 Å². The first-order valence-electron chi connectivity index (χ1n) is 5.02. The monoisotopic (exact) mass is 331 g/mol. The first-order valence-corrected chi connectivity index (χ1v) is 8.52. The molecule has 0 fully saturated rings. The van der Waals surface area contributed by atoms with E-state index in [-0.39, 0.29) is 4.90 Å². The lowest BCUT2D eigenvalue weighted by Crippen LogP contribution is -2.17. The van der Waals surface area contributed by atoms with Crippen LogP contribution >= 0.6 is 19.2 Å². The van der Waals surface area contributed by atoms with Gasteiger partial charge in [0.05, 0.1) is 4.90 Å². The Balaban J connectivity index is 0.000000362. The van der Waals surface area contributed by atoms with Crippen molar-refractivity contribution in [2.75, 3.05) is 0 Å². The fourth-order valence-corrected chi connectivity index (χ4v) is 1.93. The lowest BCUT2D eigenvalue weighted by atomic mass is 10.4. The molecule has 1 aromatic carbocycles. The quantitative estimate of drug-likeness (QED) is 0.485. The van der Waals surface area contributed by atoms with Crippen molar-refractivity contribution in [3.63, 3.8) is 0 Å². The predicted octanol–water partition coefficient (Wildman–Crippen LogP) is 1.45. The molecule has 1 aromatic rings. The van der Waals surface area contributed by atoms with Gasteiger partial charge in [-0.1, -0.05) is 18.5 Å². The summed E-state index contributed by atoms with van der Waals surface area (Å²) in [4.78, 5) is 16.4. The third kappa shape index (κ3) is 7.64. The molecule has 10 heteroatoms. The Morgan fingerprint density at radius 1 is 1.32 bits per heavy atom. The minimum Gasteiger partial charge on any atom is -0.323 e. The van der Waals surface area contributed by atoms with Crippen LogP contribution in [0, 0.1) is 0 Å². The molecule has 0 heterocycles. The average Bonchev–Trinajstić information content (AvgIpc) is 2.27. The predicted molar refractivity (Wildman–Crippen MR) is 71.6 cm³/mol. The molecule has 1 unspecified atom stereocenters. The van der Waals surface area contributed by atoms with E-state index in [1.54, 1.807) is 6.92 Å². The molecule has 110 valence electrons. The molecular weight excluding hydrogens is 317 g/mol. The topological polar surface area (TPSA) is 138 Å². The third-order valence-electron chi connectivity index (χ3n) is 1.96. The van der Waals surface area contributed by atoms with Crippen molar-refractivity contribution >= 4 is 29.3 Å². The van der Waals surface area contributed by atoms with E-state index in [4.69, 9.17) is 31.7 Å². The summed E-state index contributed by atoms with van der Waals surface area (Å²) in [6, 6.07) is 5.25. The second-order valence-corrected chi connectivity index (χ2v) is 7.19. The fourth-order valence-electron chi connectivity index (χ4n) is 0.844. The largest absolute Gasteiger partial charge is 0.342 e. The van der Waals surface area contributed by atoms with E-state index in [1.807, 2.05) is 0 Å². The number of halogens is 1. The second kappa shape index (κ2) is 7.35. The molecule has 0 aliphatic rings. The van der Waals surface area contributed by atoms with Crippen molar-refractivity contribution in [1.82, 2.24) is 0 Å². The van der Waals surface area contributed by atoms with E-state index in [1.165, 1.54) is 24.3 Å². The van der Waals surface area contributed by atoms with Crippen LogP contribution in [0.15, 0.2) is 29.2 Å². The zero-order chi connectivity index (χ0) is 15.3. The van der Waals surface area contributed by atoms with Gasteiger partial charge < -0.3 is 15.5 Å². The minimum absolute atomic E-state index is 0.151. The SMILES string of the molecule is CCC(N)P(=O)(O)O.O=S(=O)(O)c1ccc(Cl)cc1. The zero-order valence-electron chi connectivity index (χ0n) is 9.97. The summed E-state index contributed by atoms with van der Waals surface area (Å²) < 4.78 is 39.6. The molecule has 1 rings (SSSR count). The molecule has 0 aliphatic carbocycles. The van der Waals surface area contributed by atoms with Crippen LogP contribution in [0.3, 0.4) is 0 Å². The van der Waals surface area contributed by atoms with Gasteiger partial charge in [0.25, 0.3) is 10.1 Å². The van der Waals surface area contributed by atoms with Crippen molar-refractivity contribution < 1.29 is 27.3 Å². The lowest BCUT2D eigenvalue weighted by Gasteiger charge is -2.08. The van der Waals surface area contributed by atoms with E-state index in [2.05, 4.69) is 0 Å². The summed E-state index contributed by atoms with van der Waals surface area (Å²) in [6.45, 7) is 1.63. The molecule has 0 spiro atoms. The van der Waals surface area contributed by atoms with Gasteiger partial charge in [0.1, 0.15) is 5.78 Å². The van der Waals surface area contributed by atoms with Crippen LogP contribution in [0.2, 0.25) is 5.02 Å². The van der Waals surface area contributed by atoms with Gasteiger partial charge in [0.2, 0.25) is 0 Å². The van der Waals surface area contributed by atoms with Crippen molar-refractivity contribution in [1.29, 1.82) is 0 Å². The molecule has 7 nitrogen and oxygen atoms in total. The second-order valence-electron chi connectivity index (χ2n) is 3.49. The highest BCUT2D eigenvalue weighted by Gasteiger charge is 2.21. The summed E-state index contributed by atoms with van der Waals surface area (Å²) in [5, 5.41) is 0.428. The van der Waals surface area contributed by atoms with Crippen LogP contribution in [0.1, 0.15) is 13.3 Å². The molecule has 0 saturated carbocycles. The number of benzene rings is 1. The molecule has 0 bridgehead atoms. The first kappa shape index (κ1) is 18.5. The van der Waals surface area contributed by atoms with Crippen LogP contribution < -0.4 is 5.73 Å². The lowest BCUT2D eigenvalue weighted by molar-refractivity contribution is 0.357. The molecule has 0 aliphatic heterocycles. The van der Waals surface area contributed by atoms with Gasteiger partial charge in [-0.15, -0.1) is 0 Å². The van der Waals surface area contributed by atoms with Crippen molar-refractivity contribution in [2.24, 2.45) is 5.73 Å². The summed E-state index contributed by atoms with van der Waals surface area (Å²) in [5.41, 5.74) is 4.99. The van der Waals surface area contributed by atoms with E-state index in [0.29, 0.717) is 11.4 Å². The summed E-state index contributed by atoms with van der Waals surface area (Å²) >= 11 is 5.49. The van der Waals surface area contributed by atoms with Crippen LogP contribution in [-0.4, -0.2) is 28.5 Å². The molecule has 5 N–H and O–H groups in total. The van der Waals surface area contributed by atoms with Crippen LogP contribution in [0.25, 0.3) is 0 Å². The summed E-state index contributed by atoms with van der Waals surface area (Å²) in [5.74, 6) is -0.984. The van der Waals surface area contributed by atoms with Gasteiger partial charge in [-0.05, 0) is 30.7 Å². The number of rotatable bonds is 3. The van der Waals surface area contributed by atoms with Crippen LogP contribution in [0.4, 0.5) is 0 Å². The Kier molecular flexibility index (Phi) is 7.17. The maximum Gasteiger partial charge on any atom is 0.342 e. The van der Waals surface area contributed by atoms with Gasteiger partial charge in [-0.2, -0.15) is 8.42 Å². The number of hydrogen-bond acceptors (Lipinski definition) is 4. The molecule has 1 atom stereocenters. The maximum atomic E-state index is 10.5. The Hall–Kier alpha value is -0.470. The number of nitrogens with two attached hydrogens (primary N) is 1. The summed E-state index contributed by atoms with van der Waals surface area (Å²) in [6.07, 6.45) is 0.310.